The van der Waals surface area contributed by atoms with Gasteiger partial charge in [0.25, 0.3) is 0 Å². The monoisotopic (exact) mass is 337 g/mol. The van der Waals surface area contributed by atoms with Crippen molar-refractivity contribution in [3.8, 4) is 0 Å². The summed E-state index contributed by atoms with van der Waals surface area (Å²) in [5, 5.41) is 4.40. The SMILES string of the molecule is O=c1n(CCN2CCN(Cc3ccccc3)CC2)nc2ccccn12. The first kappa shape index (κ1) is 16.1. The predicted octanol–water partition coefficient (Wildman–Crippen LogP) is 1.31. The van der Waals surface area contributed by atoms with Crippen molar-refractivity contribution in [2.75, 3.05) is 32.7 Å². The molecule has 6 nitrogen and oxygen atoms in total. The van der Waals surface area contributed by atoms with Crippen LogP contribution < -0.4 is 5.69 Å². The third-order valence-electron chi connectivity index (χ3n) is 4.83. The van der Waals surface area contributed by atoms with Crippen LogP contribution in [-0.4, -0.2) is 56.7 Å². The summed E-state index contributed by atoms with van der Waals surface area (Å²) >= 11 is 0. The Morgan fingerprint density at radius 2 is 1.56 bits per heavy atom. The summed E-state index contributed by atoms with van der Waals surface area (Å²) in [5.41, 5.74) is 2.02. The number of hydrogen-bond donors (Lipinski definition) is 0. The fourth-order valence-corrected chi connectivity index (χ4v) is 3.36. The number of fused-ring (bicyclic) bond motifs is 1. The van der Waals surface area contributed by atoms with Gasteiger partial charge in [0, 0.05) is 45.5 Å². The molecule has 25 heavy (non-hydrogen) atoms. The van der Waals surface area contributed by atoms with Crippen molar-refractivity contribution < 1.29 is 0 Å². The zero-order chi connectivity index (χ0) is 17.1. The fourth-order valence-electron chi connectivity index (χ4n) is 3.36. The highest BCUT2D eigenvalue weighted by Gasteiger charge is 2.17. The Morgan fingerprint density at radius 3 is 2.32 bits per heavy atom. The maximum Gasteiger partial charge on any atom is 0.350 e. The van der Waals surface area contributed by atoms with Crippen LogP contribution in [-0.2, 0) is 13.1 Å². The molecule has 1 saturated heterocycles. The third-order valence-corrected chi connectivity index (χ3v) is 4.83. The highest BCUT2D eigenvalue weighted by Crippen LogP contribution is 2.08. The molecule has 3 aromatic rings. The van der Waals surface area contributed by atoms with Crippen LogP contribution in [0, 0.1) is 0 Å². The number of pyridine rings is 1. The van der Waals surface area contributed by atoms with E-state index in [2.05, 4.69) is 45.2 Å². The van der Waals surface area contributed by atoms with Gasteiger partial charge in [-0.25, -0.2) is 9.48 Å². The van der Waals surface area contributed by atoms with Crippen molar-refractivity contribution in [3.63, 3.8) is 0 Å². The summed E-state index contributed by atoms with van der Waals surface area (Å²) in [4.78, 5) is 17.2. The lowest BCUT2D eigenvalue weighted by Crippen LogP contribution is -2.47. The maximum absolute atomic E-state index is 12.3. The van der Waals surface area contributed by atoms with Crippen molar-refractivity contribution in [1.82, 2.24) is 24.0 Å². The van der Waals surface area contributed by atoms with Crippen molar-refractivity contribution in [2.24, 2.45) is 0 Å². The van der Waals surface area contributed by atoms with Gasteiger partial charge in [-0.05, 0) is 17.7 Å². The molecule has 0 N–H and O–H groups in total. The van der Waals surface area contributed by atoms with E-state index in [1.54, 1.807) is 15.3 Å². The molecule has 1 fully saturated rings. The smallest absolute Gasteiger partial charge is 0.299 e. The molecule has 0 radical (unpaired) electrons. The molecule has 130 valence electrons. The van der Waals surface area contributed by atoms with Crippen molar-refractivity contribution >= 4 is 5.65 Å². The summed E-state index contributed by atoms with van der Waals surface area (Å²) in [6.45, 7) is 6.72. The molecule has 0 spiro atoms. The first-order valence-corrected chi connectivity index (χ1v) is 8.82. The number of rotatable bonds is 5. The van der Waals surface area contributed by atoms with Crippen LogP contribution in [0.1, 0.15) is 5.56 Å². The molecule has 3 heterocycles. The van der Waals surface area contributed by atoms with Crippen LogP contribution in [0.3, 0.4) is 0 Å². The molecule has 2 aromatic heterocycles. The third kappa shape index (κ3) is 3.65. The summed E-state index contributed by atoms with van der Waals surface area (Å²) in [5.74, 6) is 0. The van der Waals surface area contributed by atoms with Crippen LogP contribution in [0.25, 0.3) is 5.65 Å². The van der Waals surface area contributed by atoms with Crippen LogP contribution in [0.4, 0.5) is 0 Å². The van der Waals surface area contributed by atoms with E-state index >= 15 is 0 Å². The molecule has 1 aliphatic heterocycles. The van der Waals surface area contributed by atoms with E-state index in [-0.39, 0.29) is 5.69 Å². The van der Waals surface area contributed by atoms with E-state index in [1.165, 1.54) is 5.56 Å². The second kappa shape index (κ2) is 7.21. The molecular weight excluding hydrogens is 314 g/mol. The van der Waals surface area contributed by atoms with Gasteiger partial charge in [0.05, 0.1) is 6.54 Å². The minimum absolute atomic E-state index is 0.0571. The second-order valence-corrected chi connectivity index (χ2v) is 6.54. The van der Waals surface area contributed by atoms with E-state index in [1.807, 2.05) is 18.2 Å². The molecular formula is C19H23N5O. The molecule has 1 aliphatic rings. The molecule has 4 rings (SSSR count). The highest BCUT2D eigenvalue weighted by atomic mass is 16.2. The van der Waals surface area contributed by atoms with Gasteiger partial charge in [0.2, 0.25) is 0 Å². The predicted molar refractivity (Wildman–Crippen MR) is 97.6 cm³/mol. The molecule has 0 amide bonds. The van der Waals surface area contributed by atoms with Gasteiger partial charge in [-0.1, -0.05) is 36.4 Å². The first-order valence-electron chi connectivity index (χ1n) is 8.82. The molecule has 0 aliphatic carbocycles. The normalized spacial score (nSPS) is 16.5. The Balaban J connectivity index is 1.30. The minimum Gasteiger partial charge on any atom is -0.299 e. The van der Waals surface area contributed by atoms with E-state index in [4.69, 9.17) is 0 Å². The van der Waals surface area contributed by atoms with Gasteiger partial charge in [0.15, 0.2) is 5.65 Å². The molecule has 6 heteroatoms. The van der Waals surface area contributed by atoms with Gasteiger partial charge in [-0.2, -0.15) is 0 Å². The zero-order valence-corrected chi connectivity index (χ0v) is 14.3. The fraction of sp³-hybridized carbons (Fsp3) is 0.368. The Kier molecular flexibility index (Phi) is 4.63. The van der Waals surface area contributed by atoms with Crippen molar-refractivity contribution in [2.45, 2.75) is 13.1 Å². The number of hydrogen-bond acceptors (Lipinski definition) is 4. The molecule has 0 saturated carbocycles. The average molecular weight is 337 g/mol. The number of piperazine rings is 1. The molecule has 0 bridgehead atoms. The van der Waals surface area contributed by atoms with Crippen molar-refractivity contribution in [1.29, 1.82) is 0 Å². The second-order valence-electron chi connectivity index (χ2n) is 6.54. The Bertz CT molecular complexity index is 877. The van der Waals surface area contributed by atoms with E-state index in [0.717, 1.165) is 39.3 Å². The van der Waals surface area contributed by atoms with Gasteiger partial charge in [0.1, 0.15) is 0 Å². The summed E-state index contributed by atoms with van der Waals surface area (Å²) in [7, 11) is 0. The topological polar surface area (TPSA) is 45.8 Å². The number of nitrogens with zero attached hydrogens (tertiary/aromatic N) is 5. The van der Waals surface area contributed by atoms with E-state index in [0.29, 0.717) is 12.2 Å². The van der Waals surface area contributed by atoms with Gasteiger partial charge >= 0.3 is 5.69 Å². The lowest BCUT2D eigenvalue weighted by atomic mass is 10.2. The molecule has 1 aromatic carbocycles. The average Bonchev–Trinajstić information content (AvgIpc) is 2.98. The molecule has 0 unspecified atom stereocenters. The van der Waals surface area contributed by atoms with Gasteiger partial charge in [-0.15, -0.1) is 5.10 Å². The Hall–Kier alpha value is -2.44. The maximum atomic E-state index is 12.3. The summed E-state index contributed by atoms with van der Waals surface area (Å²) in [6, 6.07) is 16.2. The zero-order valence-electron chi connectivity index (χ0n) is 14.3. The van der Waals surface area contributed by atoms with Crippen molar-refractivity contribution in [3.05, 3.63) is 70.8 Å². The molecule has 0 atom stereocenters. The van der Waals surface area contributed by atoms with Crippen LogP contribution in [0.5, 0.6) is 0 Å². The standard InChI is InChI=1S/C19H23N5O/c25-19-23-9-5-4-8-18(23)20-24(19)15-14-21-10-12-22(13-11-21)16-17-6-2-1-3-7-17/h1-9H,10-16H2. The number of benzene rings is 1. The minimum atomic E-state index is -0.0571. The lowest BCUT2D eigenvalue weighted by Gasteiger charge is -2.34. The Morgan fingerprint density at radius 1 is 0.840 bits per heavy atom. The largest absolute Gasteiger partial charge is 0.350 e. The van der Waals surface area contributed by atoms with Crippen LogP contribution in [0.15, 0.2) is 59.5 Å². The van der Waals surface area contributed by atoms with E-state index in [9.17, 15) is 4.79 Å². The first-order chi connectivity index (χ1) is 12.3. The van der Waals surface area contributed by atoms with Gasteiger partial charge < -0.3 is 0 Å². The number of aromatic nitrogens is 3. The van der Waals surface area contributed by atoms with E-state index < -0.39 is 0 Å². The summed E-state index contributed by atoms with van der Waals surface area (Å²) in [6.07, 6.45) is 1.77. The quantitative estimate of drug-likeness (QED) is 0.704. The van der Waals surface area contributed by atoms with Gasteiger partial charge in [-0.3, -0.25) is 14.2 Å². The lowest BCUT2D eigenvalue weighted by molar-refractivity contribution is 0.123. The summed E-state index contributed by atoms with van der Waals surface area (Å²) < 4.78 is 3.17. The Labute approximate surface area is 146 Å². The van der Waals surface area contributed by atoms with Crippen LogP contribution in [0.2, 0.25) is 0 Å². The highest BCUT2D eigenvalue weighted by molar-refractivity contribution is 5.35. The van der Waals surface area contributed by atoms with Crippen LogP contribution >= 0.6 is 0 Å².